The van der Waals surface area contributed by atoms with Crippen LogP contribution in [-0.4, -0.2) is 95.3 Å². The van der Waals surface area contributed by atoms with Gasteiger partial charge in [0, 0.05) is 29.6 Å². The molecule has 2 aliphatic rings. The summed E-state index contributed by atoms with van der Waals surface area (Å²) in [5.74, 6) is -0.957. The van der Waals surface area contributed by atoms with Crippen LogP contribution in [0.15, 0.2) is 12.5 Å². The quantitative estimate of drug-likeness (QED) is 0.267. The highest BCUT2D eigenvalue weighted by molar-refractivity contribution is 8.00. The molecular formula is C18H29N3O7S. The number of carboxylic acid groups (broad SMARTS) is 1. The molecule has 7 N–H and O–H groups in total. The van der Waals surface area contributed by atoms with Gasteiger partial charge in [-0.1, -0.05) is 12.8 Å². The highest BCUT2D eigenvalue weighted by atomic mass is 32.2. The van der Waals surface area contributed by atoms with E-state index in [1.165, 1.54) is 18.1 Å². The molecule has 1 aliphatic heterocycles. The first-order valence-electron chi connectivity index (χ1n) is 9.82. The Kier molecular flexibility index (Phi) is 7.91. The molecule has 0 radical (unpaired) electrons. The highest BCUT2D eigenvalue weighted by Crippen LogP contribution is 2.37. The summed E-state index contributed by atoms with van der Waals surface area (Å²) in [6.07, 6.45) is 1.81. The second-order valence-corrected chi connectivity index (χ2v) is 8.94. The molecule has 0 aromatic carbocycles. The molecule has 11 heteroatoms. The molecule has 5 unspecified atom stereocenters. The Hall–Kier alpha value is -1.21. The van der Waals surface area contributed by atoms with Crippen LogP contribution in [0.3, 0.4) is 0 Å². The van der Waals surface area contributed by atoms with Crippen LogP contribution in [0.5, 0.6) is 0 Å². The van der Waals surface area contributed by atoms with Crippen molar-refractivity contribution >= 4 is 17.7 Å². The molecule has 3 rings (SSSR count). The lowest BCUT2D eigenvalue weighted by Gasteiger charge is -2.42. The average molecular weight is 432 g/mol. The van der Waals surface area contributed by atoms with Crippen LogP contribution in [0, 0.1) is 0 Å². The molecule has 1 aromatic rings. The summed E-state index contributed by atoms with van der Waals surface area (Å²) in [4.78, 5) is 18.6. The Balaban J connectivity index is 1.66. The van der Waals surface area contributed by atoms with Crippen molar-refractivity contribution in [3.05, 3.63) is 18.2 Å². The van der Waals surface area contributed by atoms with Gasteiger partial charge in [0.2, 0.25) is 0 Å². The van der Waals surface area contributed by atoms with Gasteiger partial charge in [0.05, 0.1) is 12.9 Å². The fourth-order valence-corrected chi connectivity index (χ4v) is 5.48. The van der Waals surface area contributed by atoms with Crippen molar-refractivity contribution in [2.45, 2.75) is 79.3 Å². The van der Waals surface area contributed by atoms with Gasteiger partial charge in [0.25, 0.3) is 0 Å². The summed E-state index contributed by atoms with van der Waals surface area (Å²) in [5, 5.41) is 52.5. The third-order valence-corrected chi connectivity index (χ3v) is 7.12. The number of aliphatic hydroxyl groups is 4. The zero-order valence-electron chi connectivity index (χ0n) is 15.9. The van der Waals surface area contributed by atoms with Crippen LogP contribution >= 0.6 is 11.8 Å². The van der Waals surface area contributed by atoms with E-state index >= 15 is 0 Å². The van der Waals surface area contributed by atoms with E-state index in [1.807, 2.05) is 0 Å². The molecule has 0 bridgehead atoms. The lowest BCUT2D eigenvalue weighted by atomic mass is 9.93. The number of aromatic nitrogens is 2. The standard InChI is InChI=1S/C18H29N3O7S/c22-7-12-14(23)15(24)16(25)18(28-12)29-13-4-2-1-3-10(13)21-11(17(26)27)5-9-6-19-8-20-9/h6,8,10-16,18,21-25H,1-5,7H2,(H,19,20)(H,26,27)/t10?,11-,12?,13?,14-,15?,16?,18-/m0/s1. The number of thioether (sulfide) groups is 1. The van der Waals surface area contributed by atoms with Crippen LogP contribution in [0.2, 0.25) is 0 Å². The lowest BCUT2D eigenvalue weighted by Crippen LogP contribution is -2.58. The number of carbonyl (C=O) groups is 1. The molecule has 1 aromatic heterocycles. The summed E-state index contributed by atoms with van der Waals surface area (Å²) in [6, 6.07) is -0.915. The van der Waals surface area contributed by atoms with Crippen molar-refractivity contribution in [1.82, 2.24) is 15.3 Å². The number of H-pyrrole nitrogens is 1. The zero-order valence-corrected chi connectivity index (χ0v) is 16.7. The number of hydrogen-bond donors (Lipinski definition) is 7. The molecule has 10 nitrogen and oxygen atoms in total. The van der Waals surface area contributed by atoms with Gasteiger partial charge in [-0.25, -0.2) is 4.98 Å². The normalized spacial score (nSPS) is 36.6. The zero-order chi connectivity index (χ0) is 21.0. The summed E-state index contributed by atoms with van der Waals surface area (Å²) >= 11 is 1.31. The number of hydrogen-bond acceptors (Lipinski definition) is 9. The molecule has 1 saturated carbocycles. The van der Waals surface area contributed by atoms with Crippen molar-refractivity contribution in [3.8, 4) is 0 Å². The minimum absolute atomic E-state index is 0.0474. The van der Waals surface area contributed by atoms with Gasteiger partial charge in [0.15, 0.2) is 0 Å². The predicted molar refractivity (Wildman–Crippen MR) is 104 cm³/mol. The van der Waals surface area contributed by atoms with Crippen LogP contribution in [0.25, 0.3) is 0 Å². The predicted octanol–water partition coefficient (Wildman–Crippen LogP) is -1.16. The third-order valence-electron chi connectivity index (χ3n) is 5.55. The topological polar surface area (TPSA) is 168 Å². The van der Waals surface area contributed by atoms with Gasteiger partial charge < -0.3 is 40.6 Å². The summed E-state index contributed by atoms with van der Waals surface area (Å²) in [5.41, 5.74) is -0.104. The average Bonchev–Trinajstić information content (AvgIpc) is 3.22. The van der Waals surface area contributed by atoms with E-state index in [9.17, 15) is 30.3 Å². The van der Waals surface area contributed by atoms with Crippen molar-refractivity contribution in [3.63, 3.8) is 0 Å². The van der Waals surface area contributed by atoms with E-state index in [2.05, 4.69) is 15.3 Å². The first-order valence-corrected chi connectivity index (χ1v) is 10.8. The molecule has 0 amide bonds. The van der Waals surface area contributed by atoms with Gasteiger partial charge in [-0.05, 0) is 12.8 Å². The van der Waals surface area contributed by atoms with Gasteiger partial charge >= 0.3 is 5.97 Å². The summed E-state index contributed by atoms with van der Waals surface area (Å²) in [7, 11) is 0. The van der Waals surface area contributed by atoms with E-state index in [4.69, 9.17) is 4.74 Å². The Morgan fingerprint density at radius 1 is 1.28 bits per heavy atom. The Morgan fingerprint density at radius 2 is 2.03 bits per heavy atom. The van der Waals surface area contributed by atoms with Crippen LogP contribution in [0.1, 0.15) is 31.4 Å². The van der Waals surface area contributed by atoms with E-state index in [0.29, 0.717) is 0 Å². The Labute approximate surface area is 172 Å². The van der Waals surface area contributed by atoms with Gasteiger partial charge in [-0.3, -0.25) is 4.79 Å². The Bertz CT molecular complexity index is 647. The maximum atomic E-state index is 11.8. The SMILES string of the molecule is O=C(O)[C@H](Cc1cnc[nH]1)NC1CCCCC1S[C@@H]1OC(CO)[C@H](O)C(O)C1O. The third kappa shape index (κ3) is 5.48. The lowest BCUT2D eigenvalue weighted by molar-refractivity contribution is -0.205. The molecule has 2 heterocycles. The number of aliphatic hydroxyl groups excluding tert-OH is 4. The fraction of sp³-hybridized carbons (Fsp3) is 0.778. The van der Waals surface area contributed by atoms with Crippen molar-refractivity contribution < 1.29 is 35.1 Å². The molecular weight excluding hydrogens is 402 g/mol. The van der Waals surface area contributed by atoms with Crippen molar-refractivity contribution in [2.75, 3.05) is 6.61 Å². The number of imidazole rings is 1. The summed E-state index contributed by atoms with van der Waals surface area (Å²) in [6.45, 7) is -0.473. The number of aliphatic carboxylic acids is 1. The van der Waals surface area contributed by atoms with Crippen LogP contribution in [0.4, 0.5) is 0 Å². The molecule has 2 fully saturated rings. The van der Waals surface area contributed by atoms with E-state index in [1.54, 1.807) is 6.20 Å². The molecule has 8 atom stereocenters. The maximum absolute atomic E-state index is 11.8. The monoisotopic (exact) mass is 431 g/mol. The number of nitrogens with zero attached hydrogens (tertiary/aromatic N) is 1. The van der Waals surface area contributed by atoms with Crippen molar-refractivity contribution in [1.29, 1.82) is 0 Å². The molecule has 29 heavy (non-hydrogen) atoms. The largest absolute Gasteiger partial charge is 0.480 e. The van der Waals surface area contributed by atoms with Gasteiger partial charge in [0.1, 0.15) is 35.9 Å². The maximum Gasteiger partial charge on any atom is 0.321 e. The van der Waals surface area contributed by atoms with E-state index < -0.39 is 48.5 Å². The minimum Gasteiger partial charge on any atom is -0.480 e. The first-order chi connectivity index (χ1) is 13.9. The number of ether oxygens (including phenoxy) is 1. The molecule has 0 spiro atoms. The molecule has 164 valence electrons. The van der Waals surface area contributed by atoms with Gasteiger partial charge in [-0.2, -0.15) is 0 Å². The van der Waals surface area contributed by atoms with E-state index in [0.717, 1.165) is 31.4 Å². The number of aromatic amines is 1. The molecule has 1 aliphatic carbocycles. The van der Waals surface area contributed by atoms with Crippen molar-refractivity contribution in [2.24, 2.45) is 0 Å². The fourth-order valence-electron chi connectivity index (χ4n) is 3.89. The van der Waals surface area contributed by atoms with Crippen LogP contribution < -0.4 is 5.32 Å². The highest BCUT2D eigenvalue weighted by Gasteiger charge is 2.45. The van der Waals surface area contributed by atoms with Gasteiger partial charge in [-0.15, -0.1) is 11.8 Å². The number of nitrogens with one attached hydrogen (secondary N) is 2. The Morgan fingerprint density at radius 3 is 2.69 bits per heavy atom. The second-order valence-electron chi connectivity index (χ2n) is 7.60. The number of carboxylic acids is 1. The second kappa shape index (κ2) is 10.2. The first kappa shape index (κ1) is 22.5. The number of rotatable bonds is 8. The molecule has 1 saturated heterocycles. The van der Waals surface area contributed by atoms with Crippen LogP contribution in [-0.2, 0) is 16.0 Å². The van der Waals surface area contributed by atoms with E-state index in [-0.39, 0.29) is 17.7 Å². The smallest absolute Gasteiger partial charge is 0.321 e. The minimum atomic E-state index is -1.42. The summed E-state index contributed by atoms with van der Waals surface area (Å²) < 4.78 is 5.61.